The van der Waals surface area contributed by atoms with Crippen LogP contribution < -0.4 is 5.32 Å². The molecule has 7 nitrogen and oxygen atoms in total. The molecule has 0 saturated carbocycles. The van der Waals surface area contributed by atoms with Crippen LogP contribution in [-0.2, 0) is 16.0 Å². The monoisotopic (exact) mass is 584 g/mol. The molecule has 0 aliphatic carbocycles. The molecule has 14 heteroatoms. The van der Waals surface area contributed by atoms with Gasteiger partial charge in [0.1, 0.15) is 11.3 Å². The number of carbonyl (C=O) groups excluding carboxylic acids is 1. The second kappa shape index (κ2) is 9.87. The van der Waals surface area contributed by atoms with Crippen LogP contribution in [0, 0.1) is 0 Å². The van der Waals surface area contributed by atoms with Crippen molar-refractivity contribution < 1.29 is 35.2 Å². The van der Waals surface area contributed by atoms with Crippen molar-refractivity contribution >= 4 is 33.0 Å². The summed E-state index contributed by atoms with van der Waals surface area (Å²) >= 11 is 6.37. The number of fused-ring (bicyclic) bond motifs is 1. The third-order valence-electron chi connectivity index (χ3n) is 6.32. The molecule has 5 rings (SSSR count). The molecule has 1 atom stereocenters. The van der Waals surface area contributed by atoms with E-state index in [1.165, 1.54) is 6.20 Å². The summed E-state index contributed by atoms with van der Waals surface area (Å²) in [6.45, 7) is 0. The summed E-state index contributed by atoms with van der Waals surface area (Å²) in [5.74, 6) is -1.46. The lowest BCUT2D eigenvalue weighted by atomic mass is 9.99. The summed E-state index contributed by atoms with van der Waals surface area (Å²) in [5.41, 5.74) is -1.76. The minimum atomic E-state index is -4.61. The number of benzene rings is 2. The van der Waals surface area contributed by atoms with E-state index in [1.54, 1.807) is 24.3 Å². The van der Waals surface area contributed by atoms with Crippen molar-refractivity contribution in [3.63, 3.8) is 0 Å². The standard InChI is InChI=1S/C25H18ClF5N4O3S/c26-18-4-2-1-3-16(18)17-11-32-23-19(24(36)33-15-9-10-39(37,38)12-15)20(22(27)28)34-35(23)21(17)13-5-7-14(8-6-13)25(29,30)31/h1-8,11,15,22H,9-10,12H2,(H,33,36)/t15-/m1/s1. The molecule has 2 aromatic carbocycles. The van der Waals surface area contributed by atoms with Crippen LogP contribution in [0.25, 0.3) is 28.0 Å². The summed E-state index contributed by atoms with van der Waals surface area (Å²) in [6, 6.07) is 9.71. The number of nitrogens with zero attached hydrogens (tertiary/aromatic N) is 3. The van der Waals surface area contributed by atoms with Crippen LogP contribution >= 0.6 is 11.6 Å². The number of alkyl halides is 5. The molecule has 1 saturated heterocycles. The molecular formula is C25H18ClF5N4O3S. The van der Waals surface area contributed by atoms with Gasteiger partial charge in [0.15, 0.2) is 15.5 Å². The SMILES string of the molecule is O=C(N[C@@H]1CCS(=O)(=O)C1)c1c(C(F)F)nn2c(-c3ccc(C(F)(F)F)cc3)c(-c3ccccc3Cl)cnc12. The number of nitrogens with one attached hydrogen (secondary N) is 1. The highest BCUT2D eigenvalue weighted by Crippen LogP contribution is 2.39. The van der Waals surface area contributed by atoms with Crippen molar-refractivity contribution in [3.05, 3.63) is 76.6 Å². The van der Waals surface area contributed by atoms with Crippen LogP contribution in [0.5, 0.6) is 0 Å². The third-order valence-corrected chi connectivity index (χ3v) is 8.42. The number of halogens is 6. The van der Waals surface area contributed by atoms with Crippen molar-refractivity contribution in [2.24, 2.45) is 0 Å². The number of carbonyl (C=O) groups is 1. The zero-order chi connectivity index (χ0) is 28.1. The number of aromatic nitrogens is 3. The molecule has 0 bridgehead atoms. The van der Waals surface area contributed by atoms with Gasteiger partial charge in [-0.1, -0.05) is 41.9 Å². The number of rotatable bonds is 5. The average Bonchev–Trinajstić information content (AvgIpc) is 3.43. The van der Waals surface area contributed by atoms with Gasteiger partial charge in [-0.2, -0.15) is 18.3 Å². The Bertz CT molecular complexity index is 1690. The molecule has 204 valence electrons. The Morgan fingerprint density at radius 2 is 1.77 bits per heavy atom. The average molecular weight is 585 g/mol. The van der Waals surface area contributed by atoms with E-state index in [-0.39, 0.29) is 45.4 Å². The normalized spacial score (nSPS) is 17.2. The lowest BCUT2D eigenvalue weighted by Gasteiger charge is -2.15. The fourth-order valence-corrected chi connectivity index (χ4v) is 6.42. The lowest BCUT2D eigenvalue weighted by molar-refractivity contribution is -0.137. The largest absolute Gasteiger partial charge is 0.416 e. The maximum atomic E-state index is 14.1. The van der Waals surface area contributed by atoms with Crippen LogP contribution in [0.2, 0.25) is 5.02 Å². The van der Waals surface area contributed by atoms with Crippen molar-refractivity contribution in [2.75, 3.05) is 11.5 Å². The molecule has 2 aromatic heterocycles. The number of amides is 1. The molecule has 0 spiro atoms. The smallest absolute Gasteiger partial charge is 0.348 e. The van der Waals surface area contributed by atoms with Gasteiger partial charge in [0.25, 0.3) is 12.3 Å². The van der Waals surface area contributed by atoms with Gasteiger partial charge in [-0.3, -0.25) is 4.79 Å². The first-order valence-corrected chi connectivity index (χ1v) is 13.7. The molecule has 0 radical (unpaired) electrons. The number of sulfone groups is 1. The first-order valence-electron chi connectivity index (χ1n) is 11.5. The van der Waals surface area contributed by atoms with E-state index in [1.807, 2.05) is 0 Å². The molecular weight excluding hydrogens is 567 g/mol. The van der Waals surface area contributed by atoms with Crippen LogP contribution in [0.3, 0.4) is 0 Å². The lowest BCUT2D eigenvalue weighted by Crippen LogP contribution is -2.36. The van der Waals surface area contributed by atoms with Gasteiger partial charge >= 0.3 is 6.18 Å². The van der Waals surface area contributed by atoms with E-state index in [0.717, 1.165) is 28.8 Å². The number of hydrogen-bond donors (Lipinski definition) is 1. The Kier molecular flexibility index (Phi) is 6.83. The maximum Gasteiger partial charge on any atom is 0.416 e. The predicted octanol–water partition coefficient (Wildman–Crippen LogP) is 5.59. The van der Waals surface area contributed by atoms with Crippen molar-refractivity contribution in [2.45, 2.75) is 25.1 Å². The highest BCUT2D eigenvalue weighted by molar-refractivity contribution is 7.91. The van der Waals surface area contributed by atoms with Crippen LogP contribution in [0.15, 0.2) is 54.7 Å². The first kappa shape index (κ1) is 27.0. The molecule has 3 heterocycles. The van der Waals surface area contributed by atoms with Gasteiger partial charge in [-0.15, -0.1) is 0 Å². The van der Waals surface area contributed by atoms with E-state index >= 15 is 0 Å². The van der Waals surface area contributed by atoms with Gasteiger partial charge in [0, 0.05) is 34.0 Å². The Labute approximate surface area is 223 Å². The fourth-order valence-electron chi connectivity index (χ4n) is 4.51. The summed E-state index contributed by atoms with van der Waals surface area (Å²) in [4.78, 5) is 17.4. The van der Waals surface area contributed by atoms with Crippen molar-refractivity contribution in [1.82, 2.24) is 19.9 Å². The van der Waals surface area contributed by atoms with E-state index in [0.29, 0.717) is 5.56 Å². The van der Waals surface area contributed by atoms with Crippen molar-refractivity contribution in [3.8, 4) is 22.4 Å². The quantitative estimate of drug-likeness (QED) is 0.309. The van der Waals surface area contributed by atoms with Gasteiger partial charge in [0.2, 0.25) is 0 Å². The van der Waals surface area contributed by atoms with Crippen LogP contribution in [0.1, 0.15) is 34.5 Å². The van der Waals surface area contributed by atoms with E-state index in [4.69, 9.17) is 11.6 Å². The first-order chi connectivity index (χ1) is 18.4. The highest BCUT2D eigenvalue weighted by atomic mass is 35.5. The van der Waals surface area contributed by atoms with E-state index < -0.39 is 51.2 Å². The van der Waals surface area contributed by atoms with E-state index in [9.17, 15) is 35.2 Å². The van der Waals surface area contributed by atoms with E-state index in [2.05, 4.69) is 15.4 Å². The summed E-state index contributed by atoms with van der Waals surface area (Å²) in [7, 11) is -3.37. The second-order valence-electron chi connectivity index (χ2n) is 8.95. The highest BCUT2D eigenvalue weighted by Gasteiger charge is 2.34. The van der Waals surface area contributed by atoms with Crippen LogP contribution in [-0.4, -0.2) is 46.5 Å². The molecule has 1 fully saturated rings. The van der Waals surface area contributed by atoms with Gasteiger partial charge in [-0.05, 0) is 24.6 Å². The Balaban J connectivity index is 1.73. The minimum absolute atomic E-state index is 0.0752. The zero-order valence-corrected chi connectivity index (χ0v) is 21.3. The number of hydrogen-bond acceptors (Lipinski definition) is 5. The minimum Gasteiger partial charge on any atom is -0.348 e. The molecule has 39 heavy (non-hydrogen) atoms. The Hall–Kier alpha value is -3.58. The van der Waals surface area contributed by atoms with Gasteiger partial charge in [0.05, 0.1) is 22.8 Å². The molecule has 0 unspecified atom stereocenters. The molecule has 1 aliphatic heterocycles. The molecule has 1 aliphatic rings. The molecule has 1 amide bonds. The van der Waals surface area contributed by atoms with Gasteiger partial charge < -0.3 is 5.32 Å². The molecule has 1 N–H and O–H groups in total. The maximum absolute atomic E-state index is 14.1. The Morgan fingerprint density at radius 3 is 2.36 bits per heavy atom. The summed E-state index contributed by atoms with van der Waals surface area (Å²) in [5, 5.41) is 6.69. The topological polar surface area (TPSA) is 93.4 Å². The fraction of sp³-hybridized carbons (Fsp3) is 0.240. The second-order valence-corrected chi connectivity index (χ2v) is 11.6. The predicted molar refractivity (Wildman–Crippen MR) is 133 cm³/mol. The zero-order valence-electron chi connectivity index (χ0n) is 19.7. The van der Waals surface area contributed by atoms with Crippen molar-refractivity contribution in [1.29, 1.82) is 0 Å². The summed E-state index contributed by atoms with van der Waals surface area (Å²) < 4.78 is 92.5. The third kappa shape index (κ3) is 5.20. The molecule has 4 aromatic rings. The van der Waals surface area contributed by atoms with Crippen LogP contribution in [0.4, 0.5) is 22.0 Å². The summed E-state index contributed by atoms with van der Waals surface area (Å²) in [6.07, 6.45) is -6.43. The Morgan fingerprint density at radius 1 is 1.08 bits per heavy atom. The van der Waals surface area contributed by atoms with Gasteiger partial charge in [-0.25, -0.2) is 26.7 Å².